The van der Waals surface area contributed by atoms with Crippen molar-refractivity contribution in [2.45, 2.75) is 26.3 Å². The van der Waals surface area contributed by atoms with E-state index < -0.39 is 0 Å². The molecule has 0 spiro atoms. The highest BCUT2D eigenvalue weighted by molar-refractivity contribution is 5.83. The Morgan fingerprint density at radius 1 is 1.19 bits per heavy atom. The van der Waals surface area contributed by atoms with Crippen molar-refractivity contribution in [3.05, 3.63) is 65.7 Å². The van der Waals surface area contributed by atoms with E-state index >= 15 is 0 Å². The van der Waals surface area contributed by atoms with Crippen molar-refractivity contribution in [3.63, 3.8) is 0 Å². The fourth-order valence-electron chi connectivity index (χ4n) is 2.30. The Hall–Kier alpha value is -2.23. The maximum atomic E-state index is 13.0. The highest BCUT2D eigenvalue weighted by Crippen LogP contribution is 2.25. The summed E-state index contributed by atoms with van der Waals surface area (Å²) in [4.78, 5) is 16.6. The number of nitrogens with zero attached hydrogens (tertiary/aromatic N) is 1. The minimum Gasteiger partial charge on any atom is -0.350 e. The fraction of sp³-hybridized carbons (Fsp3) is 0.294. The Balaban J connectivity index is 2.07. The molecule has 2 rings (SSSR count). The molecule has 21 heavy (non-hydrogen) atoms. The van der Waals surface area contributed by atoms with Crippen LogP contribution in [-0.4, -0.2) is 10.9 Å². The molecule has 0 radical (unpaired) electrons. The Labute approximate surface area is 124 Å². The van der Waals surface area contributed by atoms with E-state index in [9.17, 15) is 9.18 Å². The summed E-state index contributed by atoms with van der Waals surface area (Å²) >= 11 is 0. The van der Waals surface area contributed by atoms with E-state index in [1.54, 1.807) is 18.3 Å². The molecule has 0 saturated carbocycles. The number of benzene rings is 1. The largest absolute Gasteiger partial charge is 0.350 e. The maximum absolute atomic E-state index is 13.0. The number of nitrogens with one attached hydrogen (secondary N) is 1. The van der Waals surface area contributed by atoms with Gasteiger partial charge >= 0.3 is 0 Å². The third kappa shape index (κ3) is 4.12. The lowest BCUT2D eigenvalue weighted by Crippen LogP contribution is -2.31. The summed E-state index contributed by atoms with van der Waals surface area (Å²) in [6, 6.07) is 11.7. The van der Waals surface area contributed by atoms with Gasteiger partial charge in [0.2, 0.25) is 5.91 Å². The minimum atomic E-state index is -0.297. The summed E-state index contributed by atoms with van der Waals surface area (Å²) < 4.78 is 13.0. The van der Waals surface area contributed by atoms with Gasteiger partial charge in [0.15, 0.2) is 0 Å². The van der Waals surface area contributed by atoms with Crippen LogP contribution >= 0.6 is 0 Å². The second-order valence-electron chi connectivity index (χ2n) is 5.31. The van der Waals surface area contributed by atoms with E-state index in [-0.39, 0.29) is 23.6 Å². The fourth-order valence-corrected chi connectivity index (χ4v) is 2.30. The lowest BCUT2D eigenvalue weighted by atomic mass is 9.87. The van der Waals surface area contributed by atoms with Crippen LogP contribution in [0.25, 0.3) is 0 Å². The molecule has 0 bridgehead atoms. The molecule has 3 nitrogen and oxygen atoms in total. The Morgan fingerprint density at radius 3 is 2.48 bits per heavy atom. The topological polar surface area (TPSA) is 42.0 Å². The van der Waals surface area contributed by atoms with Crippen LogP contribution in [0.4, 0.5) is 4.39 Å². The lowest BCUT2D eigenvalue weighted by Gasteiger charge is -2.20. The molecule has 0 aliphatic heterocycles. The summed E-state index contributed by atoms with van der Waals surface area (Å²) in [7, 11) is 0. The summed E-state index contributed by atoms with van der Waals surface area (Å²) in [5.74, 6) is -0.536. The first kappa shape index (κ1) is 15.2. The molecule has 1 N–H and O–H groups in total. The number of hydrogen-bond acceptors (Lipinski definition) is 2. The van der Waals surface area contributed by atoms with Crippen molar-refractivity contribution in [1.82, 2.24) is 10.3 Å². The van der Waals surface area contributed by atoms with Gasteiger partial charge in [-0.05, 0) is 35.7 Å². The van der Waals surface area contributed by atoms with Gasteiger partial charge < -0.3 is 5.32 Å². The van der Waals surface area contributed by atoms with E-state index in [0.29, 0.717) is 6.54 Å². The second kappa shape index (κ2) is 6.97. The Kier molecular flexibility index (Phi) is 5.04. The van der Waals surface area contributed by atoms with Gasteiger partial charge in [0.05, 0.1) is 18.2 Å². The summed E-state index contributed by atoms with van der Waals surface area (Å²) in [5, 5.41) is 2.90. The predicted octanol–water partition coefficient (Wildman–Crippen LogP) is 3.28. The predicted molar refractivity (Wildman–Crippen MR) is 80.1 cm³/mol. The van der Waals surface area contributed by atoms with Gasteiger partial charge in [-0.2, -0.15) is 0 Å². The molecule has 0 saturated heterocycles. The molecule has 4 heteroatoms. The molecule has 1 aromatic heterocycles. The van der Waals surface area contributed by atoms with Gasteiger partial charge in [-0.1, -0.05) is 32.0 Å². The zero-order chi connectivity index (χ0) is 15.2. The second-order valence-corrected chi connectivity index (χ2v) is 5.31. The van der Waals surface area contributed by atoms with Crippen molar-refractivity contribution < 1.29 is 9.18 Å². The molecule has 1 aromatic carbocycles. The first-order valence-corrected chi connectivity index (χ1v) is 7.01. The van der Waals surface area contributed by atoms with Crippen molar-refractivity contribution in [3.8, 4) is 0 Å². The monoisotopic (exact) mass is 286 g/mol. The molecule has 1 unspecified atom stereocenters. The standard InChI is InChI=1S/C17H19FN2O/c1-12(2)16(13-6-8-14(18)9-7-13)17(21)20-11-15-5-3-4-10-19-15/h3-10,12,16H,11H2,1-2H3,(H,20,21). The van der Waals surface area contributed by atoms with Crippen LogP contribution in [-0.2, 0) is 11.3 Å². The molecule has 0 fully saturated rings. The van der Waals surface area contributed by atoms with E-state index in [0.717, 1.165) is 11.3 Å². The normalized spacial score (nSPS) is 12.2. The van der Waals surface area contributed by atoms with Crippen LogP contribution in [0.2, 0.25) is 0 Å². The molecular formula is C17H19FN2O. The third-order valence-electron chi connectivity index (χ3n) is 3.35. The van der Waals surface area contributed by atoms with E-state index in [1.165, 1.54) is 12.1 Å². The maximum Gasteiger partial charge on any atom is 0.228 e. The summed E-state index contributed by atoms with van der Waals surface area (Å²) in [6.45, 7) is 4.35. The Morgan fingerprint density at radius 2 is 1.90 bits per heavy atom. The number of pyridine rings is 1. The molecule has 1 amide bonds. The zero-order valence-corrected chi connectivity index (χ0v) is 12.2. The van der Waals surface area contributed by atoms with Gasteiger partial charge in [-0.3, -0.25) is 9.78 Å². The molecule has 0 aliphatic rings. The third-order valence-corrected chi connectivity index (χ3v) is 3.35. The molecule has 1 heterocycles. The number of rotatable bonds is 5. The van der Waals surface area contributed by atoms with Gasteiger partial charge in [0.1, 0.15) is 5.82 Å². The number of carbonyl (C=O) groups is 1. The first-order chi connectivity index (χ1) is 10.1. The van der Waals surface area contributed by atoms with Crippen LogP contribution in [0, 0.1) is 11.7 Å². The lowest BCUT2D eigenvalue weighted by molar-refractivity contribution is -0.123. The van der Waals surface area contributed by atoms with Gasteiger partial charge in [-0.15, -0.1) is 0 Å². The quantitative estimate of drug-likeness (QED) is 0.916. The number of carbonyl (C=O) groups excluding carboxylic acids is 1. The van der Waals surface area contributed by atoms with Gasteiger partial charge in [0, 0.05) is 6.20 Å². The smallest absolute Gasteiger partial charge is 0.228 e. The van der Waals surface area contributed by atoms with Crippen molar-refractivity contribution in [1.29, 1.82) is 0 Å². The first-order valence-electron chi connectivity index (χ1n) is 7.01. The van der Waals surface area contributed by atoms with Crippen molar-refractivity contribution in [2.24, 2.45) is 5.92 Å². The van der Waals surface area contributed by atoms with Crippen LogP contribution < -0.4 is 5.32 Å². The molecule has 110 valence electrons. The van der Waals surface area contributed by atoms with E-state index in [1.807, 2.05) is 32.0 Å². The van der Waals surface area contributed by atoms with Crippen molar-refractivity contribution >= 4 is 5.91 Å². The SMILES string of the molecule is CC(C)C(C(=O)NCc1ccccn1)c1ccc(F)cc1. The van der Waals surface area contributed by atoms with Crippen LogP contribution in [0.1, 0.15) is 31.0 Å². The van der Waals surface area contributed by atoms with Crippen molar-refractivity contribution in [2.75, 3.05) is 0 Å². The molecule has 2 aromatic rings. The zero-order valence-electron chi connectivity index (χ0n) is 12.2. The summed E-state index contributed by atoms with van der Waals surface area (Å²) in [6.07, 6.45) is 1.70. The number of aromatic nitrogens is 1. The molecular weight excluding hydrogens is 267 g/mol. The highest BCUT2D eigenvalue weighted by atomic mass is 19.1. The summed E-state index contributed by atoms with van der Waals surface area (Å²) in [5.41, 5.74) is 1.64. The molecule has 0 aliphatic carbocycles. The van der Waals surface area contributed by atoms with E-state index in [4.69, 9.17) is 0 Å². The molecule has 1 atom stereocenters. The van der Waals surface area contributed by atoms with E-state index in [2.05, 4.69) is 10.3 Å². The van der Waals surface area contributed by atoms with Crippen LogP contribution in [0.3, 0.4) is 0 Å². The van der Waals surface area contributed by atoms with Gasteiger partial charge in [0.25, 0.3) is 0 Å². The highest BCUT2D eigenvalue weighted by Gasteiger charge is 2.23. The average Bonchev–Trinajstić information content (AvgIpc) is 2.48. The number of amides is 1. The van der Waals surface area contributed by atoms with Crippen LogP contribution in [0.5, 0.6) is 0 Å². The van der Waals surface area contributed by atoms with Gasteiger partial charge in [-0.25, -0.2) is 4.39 Å². The average molecular weight is 286 g/mol. The number of hydrogen-bond donors (Lipinski definition) is 1. The Bertz CT molecular complexity index is 581. The van der Waals surface area contributed by atoms with Crippen LogP contribution in [0.15, 0.2) is 48.7 Å². The number of halogens is 1. The minimum absolute atomic E-state index is 0.0674.